The summed E-state index contributed by atoms with van der Waals surface area (Å²) in [6, 6.07) is 11.6. The first-order valence-electron chi connectivity index (χ1n) is 9.62. The first-order chi connectivity index (χ1) is 15.0. The molecule has 0 saturated carbocycles. The Morgan fingerprint density at radius 1 is 1.00 bits per heavy atom. The highest BCUT2D eigenvalue weighted by Gasteiger charge is 2.23. The van der Waals surface area contributed by atoms with Gasteiger partial charge in [-0.05, 0) is 30.3 Å². The molecule has 158 valence electrons. The number of benzene rings is 2. The number of fused-ring (bicyclic) bond motifs is 1. The lowest BCUT2D eigenvalue weighted by atomic mass is 10.1. The third-order valence-corrected chi connectivity index (χ3v) is 6.81. The molecule has 10 heteroatoms. The molecular weight excluding hydrogens is 458 g/mol. The maximum absolute atomic E-state index is 14.8. The van der Waals surface area contributed by atoms with E-state index >= 15 is 0 Å². The van der Waals surface area contributed by atoms with Crippen molar-refractivity contribution >= 4 is 57.8 Å². The summed E-state index contributed by atoms with van der Waals surface area (Å²) < 4.78 is 16.3. The summed E-state index contributed by atoms with van der Waals surface area (Å²) in [5.41, 5.74) is 8.27. The summed E-state index contributed by atoms with van der Waals surface area (Å²) >= 11 is 14.1. The van der Waals surface area contributed by atoms with Crippen LogP contribution in [0.2, 0.25) is 10.0 Å². The van der Waals surface area contributed by atoms with Gasteiger partial charge in [0.25, 0.3) is 0 Å². The topological polar surface area (TPSA) is 72.9 Å². The molecule has 1 saturated heterocycles. The molecule has 6 nitrogen and oxygen atoms in total. The Hall–Kier alpha value is -2.55. The molecule has 0 aliphatic carbocycles. The third-order valence-electron chi connectivity index (χ3n) is 5.13. The Bertz CT molecular complexity index is 1290. The van der Waals surface area contributed by atoms with Gasteiger partial charge in [0.1, 0.15) is 11.6 Å². The Morgan fingerprint density at radius 3 is 2.52 bits per heavy atom. The van der Waals surface area contributed by atoms with Gasteiger partial charge >= 0.3 is 0 Å². The van der Waals surface area contributed by atoms with E-state index in [0.717, 1.165) is 24.6 Å². The molecule has 1 fully saturated rings. The fourth-order valence-electron chi connectivity index (χ4n) is 3.57. The van der Waals surface area contributed by atoms with Crippen LogP contribution >= 0.6 is 35.0 Å². The van der Waals surface area contributed by atoms with E-state index in [9.17, 15) is 4.39 Å². The maximum Gasteiger partial charge on any atom is 0.228 e. The van der Waals surface area contributed by atoms with Gasteiger partial charge in [-0.25, -0.2) is 14.1 Å². The van der Waals surface area contributed by atoms with E-state index in [4.69, 9.17) is 33.9 Å². The molecule has 31 heavy (non-hydrogen) atoms. The quantitative estimate of drug-likeness (QED) is 0.447. The monoisotopic (exact) mass is 474 g/mol. The van der Waals surface area contributed by atoms with Crippen molar-refractivity contribution in [2.24, 2.45) is 0 Å². The fraction of sp³-hybridized carbons (Fsp3) is 0.190. The van der Waals surface area contributed by atoms with Crippen molar-refractivity contribution in [2.45, 2.75) is 0 Å². The van der Waals surface area contributed by atoms with Crippen LogP contribution in [0.3, 0.4) is 0 Å². The number of hydrogen-bond acceptors (Lipinski definition) is 6. The lowest BCUT2D eigenvalue weighted by molar-refractivity contribution is 0.631. The number of halogens is 3. The van der Waals surface area contributed by atoms with Gasteiger partial charge in [0.05, 0.1) is 26.8 Å². The van der Waals surface area contributed by atoms with Crippen molar-refractivity contribution < 1.29 is 4.39 Å². The predicted molar refractivity (Wildman–Crippen MR) is 126 cm³/mol. The number of rotatable bonds is 3. The standard InChI is InChI=1S/C21H17Cl2FN6S/c22-14-6-5-12(11-15(14)23)30-19(25)17-18(13-3-1-2-4-16(13)24)26-21(27-20(17)28-30)29-7-9-31-10-8-29/h1-6,11H,7-10,25H2. The van der Waals surface area contributed by atoms with E-state index in [-0.39, 0.29) is 5.82 Å². The Balaban J connectivity index is 1.76. The summed E-state index contributed by atoms with van der Waals surface area (Å²) in [5, 5.41) is 5.91. The van der Waals surface area contributed by atoms with Crippen LogP contribution in [0.5, 0.6) is 0 Å². The first kappa shape index (κ1) is 20.4. The van der Waals surface area contributed by atoms with Gasteiger partial charge in [0.15, 0.2) is 5.65 Å². The van der Waals surface area contributed by atoms with Gasteiger partial charge in [-0.2, -0.15) is 16.7 Å². The number of nitrogens with zero attached hydrogens (tertiary/aromatic N) is 5. The molecule has 0 radical (unpaired) electrons. The number of nitrogens with two attached hydrogens (primary N) is 1. The van der Waals surface area contributed by atoms with E-state index < -0.39 is 0 Å². The van der Waals surface area contributed by atoms with Crippen LogP contribution in [0.4, 0.5) is 16.2 Å². The second-order valence-electron chi connectivity index (χ2n) is 7.05. The highest BCUT2D eigenvalue weighted by atomic mass is 35.5. The molecule has 2 N–H and O–H groups in total. The molecule has 2 aromatic carbocycles. The smallest absolute Gasteiger partial charge is 0.228 e. The predicted octanol–water partition coefficient (Wildman–Crippen LogP) is 5.06. The van der Waals surface area contributed by atoms with E-state index in [1.807, 2.05) is 11.8 Å². The van der Waals surface area contributed by atoms with Crippen LogP contribution in [0.15, 0.2) is 42.5 Å². The minimum absolute atomic E-state index is 0.299. The van der Waals surface area contributed by atoms with Crippen LogP contribution in [-0.2, 0) is 0 Å². The lowest BCUT2D eigenvalue weighted by Gasteiger charge is -2.26. The van der Waals surface area contributed by atoms with Crippen LogP contribution in [0.25, 0.3) is 28.0 Å². The second kappa shape index (κ2) is 8.18. The van der Waals surface area contributed by atoms with Crippen LogP contribution in [-0.4, -0.2) is 44.3 Å². The van der Waals surface area contributed by atoms with Gasteiger partial charge in [0, 0.05) is 30.2 Å². The lowest BCUT2D eigenvalue weighted by Crippen LogP contribution is -2.33. The molecule has 5 rings (SSSR count). The Morgan fingerprint density at radius 2 is 1.77 bits per heavy atom. The molecule has 1 aliphatic heterocycles. The summed E-state index contributed by atoms with van der Waals surface area (Å²) in [7, 11) is 0. The van der Waals surface area contributed by atoms with Gasteiger partial charge in [-0.15, -0.1) is 5.10 Å². The number of anilines is 2. The summed E-state index contributed by atoms with van der Waals surface area (Å²) in [6.45, 7) is 1.63. The molecule has 2 aromatic heterocycles. The Labute approximate surface area is 192 Å². The van der Waals surface area contributed by atoms with Gasteiger partial charge in [0.2, 0.25) is 5.95 Å². The zero-order valence-corrected chi connectivity index (χ0v) is 18.6. The number of hydrogen-bond donors (Lipinski definition) is 1. The van der Waals surface area contributed by atoms with E-state index in [1.54, 1.807) is 36.4 Å². The number of thioether (sulfide) groups is 1. The van der Waals surface area contributed by atoms with Gasteiger partial charge < -0.3 is 10.6 Å². The molecule has 0 atom stereocenters. The van der Waals surface area contributed by atoms with E-state index in [0.29, 0.717) is 49.8 Å². The maximum atomic E-state index is 14.8. The van der Waals surface area contributed by atoms with Gasteiger partial charge in [-0.3, -0.25) is 0 Å². The van der Waals surface area contributed by atoms with Crippen molar-refractivity contribution in [3.05, 3.63) is 58.3 Å². The number of nitrogen functional groups attached to an aromatic ring is 1. The van der Waals surface area contributed by atoms with E-state index in [1.165, 1.54) is 10.7 Å². The fourth-order valence-corrected chi connectivity index (χ4v) is 4.76. The SMILES string of the molecule is Nc1c2c(-c3ccccc3F)nc(N3CCSCC3)nc2nn1-c1ccc(Cl)c(Cl)c1. The molecule has 0 unspecified atom stereocenters. The second-order valence-corrected chi connectivity index (χ2v) is 9.08. The summed E-state index contributed by atoms with van der Waals surface area (Å²) in [6.07, 6.45) is 0. The number of aromatic nitrogens is 4. The first-order valence-corrected chi connectivity index (χ1v) is 11.5. The molecule has 1 aliphatic rings. The molecule has 3 heterocycles. The zero-order valence-electron chi connectivity index (χ0n) is 16.2. The minimum Gasteiger partial charge on any atom is -0.383 e. The average molecular weight is 475 g/mol. The van der Waals surface area contributed by atoms with Crippen LogP contribution in [0.1, 0.15) is 0 Å². The summed E-state index contributed by atoms with van der Waals surface area (Å²) in [5.74, 6) is 2.40. The Kier molecular flexibility index (Phi) is 5.37. The van der Waals surface area contributed by atoms with Gasteiger partial charge in [-0.1, -0.05) is 35.3 Å². The highest BCUT2D eigenvalue weighted by molar-refractivity contribution is 7.99. The van der Waals surface area contributed by atoms with Crippen molar-refractivity contribution in [3.8, 4) is 16.9 Å². The third kappa shape index (κ3) is 3.69. The average Bonchev–Trinajstić information content (AvgIpc) is 3.12. The molecule has 0 amide bonds. The van der Waals surface area contributed by atoms with Crippen molar-refractivity contribution in [1.29, 1.82) is 0 Å². The van der Waals surface area contributed by atoms with E-state index in [2.05, 4.69) is 15.0 Å². The normalized spacial score (nSPS) is 14.4. The van der Waals surface area contributed by atoms with Crippen molar-refractivity contribution in [2.75, 3.05) is 35.2 Å². The summed E-state index contributed by atoms with van der Waals surface area (Å²) in [4.78, 5) is 11.5. The molecule has 0 bridgehead atoms. The largest absolute Gasteiger partial charge is 0.383 e. The molecule has 4 aromatic rings. The van der Waals surface area contributed by atoms with Crippen molar-refractivity contribution in [3.63, 3.8) is 0 Å². The van der Waals surface area contributed by atoms with Crippen molar-refractivity contribution in [1.82, 2.24) is 19.7 Å². The van der Waals surface area contributed by atoms with Crippen LogP contribution < -0.4 is 10.6 Å². The molecule has 0 spiro atoms. The highest BCUT2D eigenvalue weighted by Crippen LogP contribution is 2.35. The molecular formula is C21H17Cl2FN6S. The van der Waals surface area contributed by atoms with Crippen LogP contribution in [0, 0.1) is 5.82 Å². The minimum atomic E-state index is -0.385. The zero-order chi connectivity index (χ0) is 21.5.